The zero-order valence-corrected chi connectivity index (χ0v) is 16.5. The highest BCUT2D eigenvalue weighted by molar-refractivity contribution is 7.18. The van der Waals surface area contributed by atoms with E-state index >= 15 is 0 Å². The summed E-state index contributed by atoms with van der Waals surface area (Å²) in [4.78, 5) is 34.2. The minimum atomic E-state index is -0.107. The number of benzene rings is 1. The van der Waals surface area contributed by atoms with Gasteiger partial charge in [-0.25, -0.2) is 4.98 Å². The Labute approximate surface area is 162 Å². The highest BCUT2D eigenvalue weighted by Crippen LogP contribution is 2.35. The number of para-hydroxylation sites is 1. The lowest BCUT2D eigenvalue weighted by Gasteiger charge is -2.21. The van der Waals surface area contributed by atoms with E-state index in [4.69, 9.17) is 0 Å². The molecule has 0 saturated heterocycles. The van der Waals surface area contributed by atoms with E-state index in [1.54, 1.807) is 16.2 Å². The van der Waals surface area contributed by atoms with E-state index < -0.39 is 0 Å². The molecule has 1 amide bonds. The van der Waals surface area contributed by atoms with Crippen LogP contribution in [-0.4, -0.2) is 22.0 Å². The van der Waals surface area contributed by atoms with E-state index in [-0.39, 0.29) is 18.0 Å². The normalized spacial score (nSPS) is 16.3. The Bertz CT molecular complexity index is 1040. The van der Waals surface area contributed by atoms with Gasteiger partial charge in [-0.05, 0) is 49.8 Å². The van der Waals surface area contributed by atoms with Gasteiger partial charge in [0.2, 0.25) is 5.91 Å². The lowest BCUT2D eigenvalue weighted by atomic mass is 9.89. The molecule has 1 aliphatic carbocycles. The summed E-state index contributed by atoms with van der Waals surface area (Å²) >= 11 is 1.63. The maximum absolute atomic E-state index is 13.1. The van der Waals surface area contributed by atoms with E-state index in [0.717, 1.165) is 40.7 Å². The molecular formula is C21H23N3O2S. The molecule has 140 valence electrons. The predicted molar refractivity (Wildman–Crippen MR) is 110 cm³/mol. The second-order valence-electron chi connectivity index (χ2n) is 7.18. The number of anilines is 1. The van der Waals surface area contributed by atoms with Crippen LogP contribution in [0.25, 0.3) is 10.2 Å². The second kappa shape index (κ2) is 7.27. The number of hydrogen-bond donors (Lipinski definition) is 0. The number of carbonyl (C=O) groups excluding carboxylic acids is 1. The first-order valence-corrected chi connectivity index (χ1v) is 10.2. The van der Waals surface area contributed by atoms with Gasteiger partial charge in [-0.1, -0.05) is 25.1 Å². The summed E-state index contributed by atoms with van der Waals surface area (Å²) in [6.45, 7) is 4.75. The van der Waals surface area contributed by atoms with Gasteiger partial charge in [0.05, 0.1) is 11.7 Å². The maximum Gasteiger partial charge on any atom is 0.262 e. The number of aromatic nitrogens is 2. The van der Waals surface area contributed by atoms with Gasteiger partial charge in [0.1, 0.15) is 11.4 Å². The SMILES string of the molecule is CCN(C(=O)Cn1cnc2sc3c(c2c1=O)CCC(C)C3)c1ccccc1. The summed E-state index contributed by atoms with van der Waals surface area (Å²) in [6.07, 6.45) is 4.57. The van der Waals surface area contributed by atoms with Crippen molar-refractivity contribution in [3.05, 3.63) is 57.5 Å². The molecule has 0 bridgehead atoms. The van der Waals surface area contributed by atoms with Crippen LogP contribution in [0.5, 0.6) is 0 Å². The summed E-state index contributed by atoms with van der Waals surface area (Å²) < 4.78 is 1.46. The number of amides is 1. The third-order valence-corrected chi connectivity index (χ3v) is 6.44. The molecule has 0 N–H and O–H groups in total. The van der Waals surface area contributed by atoms with Crippen LogP contribution >= 0.6 is 11.3 Å². The number of thiophene rings is 1. The Balaban J connectivity index is 1.67. The molecule has 0 radical (unpaired) electrons. The molecular weight excluding hydrogens is 358 g/mol. The Hall–Kier alpha value is -2.47. The number of hydrogen-bond acceptors (Lipinski definition) is 4. The number of nitrogens with zero attached hydrogens (tertiary/aromatic N) is 3. The van der Waals surface area contributed by atoms with Gasteiger partial charge in [0.15, 0.2) is 0 Å². The highest BCUT2D eigenvalue weighted by Gasteiger charge is 2.24. The number of aryl methyl sites for hydroxylation is 1. The molecule has 0 spiro atoms. The van der Waals surface area contributed by atoms with Gasteiger partial charge in [-0.2, -0.15) is 0 Å². The second-order valence-corrected chi connectivity index (χ2v) is 8.27. The first-order valence-electron chi connectivity index (χ1n) is 9.43. The standard InChI is InChI=1S/C21H23N3O2S/c1-3-24(15-7-5-4-6-8-15)18(25)12-23-13-22-20-19(21(23)26)16-10-9-14(2)11-17(16)27-20/h4-8,13-14H,3,9-12H2,1-2H3. The van der Waals surface area contributed by atoms with Crippen LogP contribution in [0, 0.1) is 5.92 Å². The van der Waals surface area contributed by atoms with Crippen LogP contribution in [0.2, 0.25) is 0 Å². The zero-order valence-electron chi connectivity index (χ0n) is 15.6. The van der Waals surface area contributed by atoms with Crippen molar-refractivity contribution in [1.29, 1.82) is 0 Å². The van der Waals surface area contributed by atoms with Crippen molar-refractivity contribution in [2.24, 2.45) is 5.92 Å². The van der Waals surface area contributed by atoms with E-state index in [9.17, 15) is 9.59 Å². The molecule has 2 heterocycles. The fourth-order valence-electron chi connectivity index (χ4n) is 3.82. The first-order chi connectivity index (χ1) is 13.1. The van der Waals surface area contributed by atoms with Crippen LogP contribution < -0.4 is 10.5 Å². The van der Waals surface area contributed by atoms with Crippen molar-refractivity contribution >= 4 is 33.1 Å². The minimum Gasteiger partial charge on any atom is -0.311 e. The van der Waals surface area contributed by atoms with Gasteiger partial charge < -0.3 is 4.90 Å². The van der Waals surface area contributed by atoms with Crippen LogP contribution in [0.15, 0.2) is 41.5 Å². The van der Waals surface area contributed by atoms with Crippen LogP contribution in [-0.2, 0) is 24.2 Å². The molecule has 6 heteroatoms. The van der Waals surface area contributed by atoms with Crippen molar-refractivity contribution in [2.45, 2.75) is 39.7 Å². The Morgan fingerprint density at radius 3 is 2.85 bits per heavy atom. The molecule has 0 fully saturated rings. The topological polar surface area (TPSA) is 55.2 Å². The van der Waals surface area contributed by atoms with E-state index in [1.165, 1.54) is 15.8 Å². The fraction of sp³-hybridized carbons (Fsp3) is 0.381. The quantitative estimate of drug-likeness (QED) is 0.693. The summed E-state index contributed by atoms with van der Waals surface area (Å²) in [5, 5.41) is 0.722. The van der Waals surface area contributed by atoms with Crippen molar-refractivity contribution in [1.82, 2.24) is 9.55 Å². The third-order valence-electron chi connectivity index (χ3n) is 5.27. The van der Waals surface area contributed by atoms with E-state index in [1.807, 2.05) is 37.3 Å². The lowest BCUT2D eigenvalue weighted by molar-refractivity contribution is -0.119. The molecule has 0 aliphatic heterocycles. The smallest absolute Gasteiger partial charge is 0.262 e. The van der Waals surface area contributed by atoms with Crippen molar-refractivity contribution < 1.29 is 4.79 Å². The van der Waals surface area contributed by atoms with Gasteiger partial charge >= 0.3 is 0 Å². The molecule has 1 unspecified atom stereocenters. The monoisotopic (exact) mass is 381 g/mol. The molecule has 27 heavy (non-hydrogen) atoms. The number of carbonyl (C=O) groups is 1. The molecule has 5 nitrogen and oxygen atoms in total. The average Bonchev–Trinajstić information content (AvgIpc) is 3.03. The molecule has 1 atom stereocenters. The van der Waals surface area contributed by atoms with Crippen LogP contribution in [0.1, 0.15) is 30.7 Å². The number of fused-ring (bicyclic) bond motifs is 3. The van der Waals surface area contributed by atoms with Crippen molar-refractivity contribution in [2.75, 3.05) is 11.4 Å². The van der Waals surface area contributed by atoms with Crippen molar-refractivity contribution in [3.63, 3.8) is 0 Å². The summed E-state index contributed by atoms with van der Waals surface area (Å²) in [7, 11) is 0. The van der Waals surface area contributed by atoms with Gasteiger partial charge in [0, 0.05) is 17.1 Å². The molecule has 4 rings (SSSR count). The third kappa shape index (κ3) is 3.30. The van der Waals surface area contributed by atoms with Gasteiger partial charge in [-0.3, -0.25) is 14.2 Å². The zero-order chi connectivity index (χ0) is 19.0. The Morgan fingerprint density at radius 1 is 1.33 bits per heavy atom. The van der Waals surface area contributed by atoms with Gasteiger partial charge in [-0.15, -0.1) is 11.3 Å². The Kier molecular flexibility index (Phi) is 4.83. The molecule has 2 aromatic heterocycles. The van der Waals surface area contributed by atoms with E-state index in [2.05, 4.69) is 11.9 Å². The van der Waals surface area contributed by atoms with Crippen LogP contribution in [0.3, 0.4) is 0 Å². The fourth-order valence-corrected chi connectivity index (χ4v) is 5.16. The number of likely N-dealkylation sites (N-methyl/N-ethyl adjacent to an activating group) is 1. The Morgan fingerprint density at radius 2 is 2.11 bits per heavy atom. The number of rotatable bonds is 4. The summed E-state index contributed by atoms with van der Waals surface area (Å²) in [6, 6.07) is 9.54. The lowest BCUT2D eigenvalue weighted by Crippen LogP contribution is -2.36. The minimum absolute atomic E-state index is 0.00549. The van der Waals surface area contributed by atoms with Gasteiger partial charge in [0.25, 0.3) is 5.56 Å². The molecule has 1 aromatic carbocycles. The largest absolute Gasteiger partial charge is 0.311 e. The molecule has 1 aliphatic rings. The van der Waals surface area contributed by atoms with Crippen molar-refractivity contribution in [3.8, 4) is 0 Å². The molecule has 0 saturated carbocycles. The predicted octanol–water partition coefficient (Wildman–Crippen LogP) is 3.64. The first kappa shape index (κ1) is 17.9. The highest BCUT2D eigenvalue weighted by atomic mass is 32.1. The summed E-state index contributed by atoms with van der Waals surface area (Å²) in [5.41, 5.74) is 1.90. The average molecular weight is 382 g/mol. The van der Waals surface area contributed by atoms with E-state index in [0.29, 0.717) is 12.5 Å². The summed E-state index contributed by atoms with van der Waals surface area (Å²) in [5.74, 6) is 0.544. The van der Waals surface area contributed by atoms with Crippen LogP contribution in [0.4, 0.5) is 5.69 Å². The molecule has 3 aromatic rings. The maximum atomic E-state index is 13.1.